The van der Waals surface area contributed by atoms with Gasteiger partial charge < -0.3 is 14.2 Å². The molecule has 1 saturated carbocycles. The van der Waals surface area contributed by atoms with Gasteiger partial charge in [-0.05, 0) is 19.8 Å². The SMILES string of the molecule is CCOC(=O)C12CC(CI)(C1)OC21COC1. The molecule has 0 aromatic carbocycles. The fraction of sp³-hybridized carbons (Fsp3) is 0.909. The molecule has 1 aliphatic carbocycles. The Kier molecular flexibility index (Phi) is 2.33. The summed E-state index contributed by atoms with van der Waals surface area (Å²) in [4.78, 5) is 12.1. The lowest BCUT2D eigenvalue weighted by molar-refractivity contribution is -0.219. The van der Waals surface area contributed by atoms with Crippen LogP contribution in [0.4, 0.5) is 0 Å². The number of rotatable bonds is 3. The molecular weight excluding hydrogens is 323 g/mol. The number of carbonyl (C=O) groups excluding carboxylic acids is 1. The van der Waals surface area contributed by atoms with Crippen LogP contribution in [0.15, 0.2) is 0 Å². The van der Waals surface area contributed by atoms with Crippen LogP contribution in [0, 0.1) is 5.41 Å². The highest BCUT2D eigenvalue weighted by Gasteiger charge is 2.80. The smallest absolute Gasteiger partial charge is 0.315 e. The standard InChI is InChI=1S/C11H15IO4/c1-2-15-8(13)10-3-9(4-10,5-12)16-11(10)6-14-7-11/h2-7H2,1H3. The van der Waals surface area contributed by atoms with Crippen LogP contribution in [-0.2, 0) is 19.0 Å². The van der Waals surface area contributed by atoms with Gasteiger partial charge in [-0.25, -0.2) is 0 Å². The summed E-state index contributed by atoms with van der Waals surface area (Å²) >= 11 is 2.33. The largest absolute Gasteiger partial charge is 0.465 e. The Hall–Kier alpha value is 0.120. The van der Waals surface area contributed by atoms with Crippen molar-refractivity contribution in [1.29, 1.82) is 0 Å². The van der Waals surface area contributed by atoms with Crippen LogP contribution in [0.25, 0.3) is 0 Å². The lowest BCUT2D eigenvalue weighted by atomic mass is 9.56. The van der Waals surface area contributed by atoms with Crippen molar-refractivity contribution < 1.29 is 19.0 Å². The Bertz CT molecular complexity index is 331. The predicted molar refractivity (Wildman–Crippen MR) is 64.6 cm³/mol. The first-order valence-corrected chi connectivity index (χ1v) is 7.16. The summed E-state index contributed by atoms with van der Waals surface area (Å²) in [5, 5.41) is 0. The summed E-state index contributed by atoms with van der Waals surface area (Å²) in [6.07, 6.45) is 1.62. The minimum atomic E-state index is -0.410. The zero-order valence-corrected chi connectivity index (χ0v) is 11.4. The molecule has 4 fully saturated rings. The van der Waals surface area contributed by atoms with E-state index in [0.29, 0.717) is 19.8 Å². The Labute approximate surface area is 108 Å². The average molecular weight is 338 g/mol. The van der Waals surface area contributed by atoms with Crippen molar-refractivity contribution in [1.82, 2.24) is 0 Å². The number of alkyl halides is 1. The second-order valence-corrected chi connectivity index (χ2v) is 5.82. The van der Waals surface area contributed by atoms with E-state index in [0.717, 1.165) is 17.3 Å². The molecule has 5 heteroatoms. The molecule has 90 valence electrons. The second kappa shape index (κ2) is 3.32. The zero-order valence-electron chi connectivity index (χ0n) is 9.25. The van der Waals surface area contributed by atoms with E-state index in [9.17, 15) is 4.79 Å². The van der Waals surface area contributed by atoms with Gasteiger partial charge >= 0.3 is 5.97 Å². The molecule has 4 aliphatic rings. The van der Waals surface area contributed by atoms with E-state index in [-0.39, 0.29) is 17.2 Å². The maximum Gasteiger partial charge on any atom is 0.315 e. The van der Waals surface area contributed by atoms with Crippen molar-refractivity contribution >= 4 is 28.6 Å². The monoisotopic (exact) mass is 338 g/mol. The van der Waals surface area contributed by atoms with Gasteiger partial charge in [0.25, 0.3) is 0 Å². The highest BCUT2D eigenvalue weighted by atomic mass is 127. The van der Waals surface area contributed by atoms with Crippen LogP contribution in [0.3, 0.4) is 0 Å². The molecule has 3 saturated heterocycles. The average Bonchev–Trinajstić information content (AvgIpc) is 2.63. The van der Waals surface area contributed by atoms with Crippen LogP contribution < -0.4 is 0 Å². The summed E-state index contributed by atoms with van der Waals surface area (Å²) in [6.45, 7) is 3.38. The molecule has 4 nitrogen and oxygen atoms in total. The normalized spacial score (nSPS) is 42.6. The third kappa shape index (κ3) is 1.09. The number of halogens is 1. The molecule has 0 aromatic heterocycles. The van der Waals surface area contributed by atoms with Crippen molar-refractivity contribution in [3.05, 3.63) is 0 Å². The number of esters is 1. The molecule has 3 aliphatic heterocycles. The van der Waals surface area contributed by atoms with Gasteiger partial charge in [0.2, 0.25) is 0 Å². The van der Waals surface area contributed by atoms with E-state index in [1.54, 1.807) is 0 Å². The topological polar surface area (TPSA) is 44.8 Å². The fourth-order valence-electron chi connectivity index (χ4n) is 3.30. The highest BCUT2D eigenvalue weighted by molar-refractivity contribution is 14.1. The maximum atomic E-state index is 12.1. The van der Waals surface area contributed by atoms with Crippen LogP contribution >= 0.6 is 22.6 Å². The zero-order chi connectivity index (χ0) is 11.4. The molecule has 0 amide bonds. The third-order valence-corrected chi connectivity index (χ3v) is 5.50. The van der Waals surface area contributed by atoms with Crippen molar-refractivity contribution in [2.24, 2.45) is 5.41 Å². The minimum Gasteiger partial charge on any atom is -0.465 e. The molecule has 0 radical (unpaired) electrons. The summed E-state index contributed by atoms with van der Waals surface area (Å²) in [7, 11) is 0. The maximum absolute atomic E-state index is 12.1. The Morgan fingerprint density at radius 1 is 1.44 bits per heavy atom. The highest BCUT2D eigenvalue weighted by Crippen LogP contribution is 2.69. The molecule has 0 atom stereocenters. The van der Waals surface area contributed by atoms with Crippen molar-refractivity contribution in [3.63, 3.8) is 0 Å². The van der Waals surface area contributed by atoms with Gasteiger partial charge in [0.1, 0.15) is 11.0 Å². The molecule has 3 heterocycles. The van der Waals surface area contributed by atoms with E-state index in [4.69, 9.17) is 14.2 Å². The molecular formula is C11H15IO4. The quantitative estimate of drug-likeness (QED) is 0.442. The van der Waals surface area contributed by atoms with Gasteiger partial charge in [-0.1, -0.05) is 22.6 Å². The third-order valence-electron chi connectivity index (χ3n) is 4.11. The number of ether oxygens (including phenoxy) is 3. The molecule has 16 heavy (non-hydrogen) atoms. The summed E-state index contributed by atoms with van der Waals surface area (Å²) in [5.74, 6) is -0.0868. The minimum absolute atomic E-state index is 0.0862. The first kappa shape index (κ1) is 11.2. The van der Waals surface area contributed by atoms with Crippen molar-refractivity contribution in [2.45, 2.75) is 31.0 Å². The van der Waals surface area contributed by atoms with Crippen molar-refractivity contribution in [2.75, 3.05) is 24.2 Å². The van der Waals surface area contributed by atoms with Gasteiger partial charge in [0, 0.05) is 4.43 Å². The predicted octanol–water partition coefficient (Wildman–Crippen LogP) is 1.30. The fourth-order valence-corrected chi connectivity index (χ4v) is 3.99. The molecule has 1 spiro atoms. The van der Waals surface area contributed by atoms with Crippen LogP contribution in [0.2, 0.25) is 0 Å². The van der Waals surface area contributed by atoms with E-state index in [2.05, 4.69) is 22.6 Å². The van der Waals surface area contributed by atoms with Gasteiger partial charge in [0.15, 0.2) is 0 Å². The molecule has 4 rings (SSSR count). The van der Waals surface area contributed by atoms with Gasteiger partial charge in [-0.15, -0.1) is 0 Å². The first-order valence-electron chi connectivity index (χ1n) is 5.63. The lowest BCUT2D eigenvalue weighted by Gasteiger charge is -2.48. The van der Waals surface area contributed by atoms with E-state index < -0.39 is 5.41 Å². The van der Waals surface area contributed by atoms with E-state index in [1.807, 2.05) is 6.92 Å². The van der Waals surface area contributed by atoms with Crippen LogP contribution in [0.5, 0.6) is 0 Å². The second-order valence-electron chi connectivity index (χ2n) is 5.06. The summed E-state index contributed by atoms with van der Waals surface area (Å²) < 4.78 is 17.5. The van der Waals surface area contributed by atoms with Crippen LogP contribution in [-0.4, -0.2) is 41.4 Å². The Balaban J connectivity index is 1.88. The Morgan fingerprint density at radius 2 is 2.12 bits per heavy atom. The Morgan fingerprint density at radius 3 is 2.56 bits per heavy atom. The first-order chi connectivity index (χ1) is 7.62. The van der Waals surface area contributed by atoms with E-state index in [1.165, 1.54) is 0 Å². The van der Waals surface area contributed by atoms with Gasteiger partial charge in [-0.2, -0.15) is 0 Å². The lowest BCUT2D eigenvalue weighted by Crippen LogP contribution is -2.63. The number of carbonyl (C=O) groups is 1. The number of hydrogen-bond donors (Lipinski definition) is 0. The molecule has 0 N–H and O–H groups in total. The molecule has 2 bridgehead atoms. The molecule has 0 unspecified atom stereocenters. The summed E-state index contributed by atoms with van der Waals surface area (Å²) in [6, 6.07) is 0. The van der Waals surface area contributed by atoms with Crippen LogP contribution in [0.1, 0.15) is 19.8 Å². The van der Waals surface area contributed by atoms with E-state index >= 15 is 0 Å². The van der Waals surface area contributed by atoms with Gasteiger partial charge in [0.05, 0.1) is 25.4 Å². The molecule has 0 aromatic rings. The number of hydrogen-bond acceptors (Lipinski definition) is 4. The van der Waals surface area contributed by atoms with Crippen molar-refractivity contribution in [3.8, 4) is 0 Å². The summed E-state index contributed by atoms with van der Waals surface area (Å²) in [5.41, 5.74) is -0.867. The van der Waals surface area contributed by atoms with Gasteiger partial charge in [-0.3, -0.25) is 4.79 Å².